The molecule has 7 heteroatoms. The monoisotopic (exact) mass is 471 g/mol. The SMILES string of the molecule is NCCNC(=O)CN1CN(c2ccccc2)C2(CCN(Cc3cccc4ccccc34)CC2)C1=O. The van der Waals surface area contributed by atoms with Crippen molar-refractivity contribution in [1.29, 1.82) is 0 Å². The van der Waals surface area contributed by atoms with E-state index in [4.69, 9.17) is 5.73 Å². The molecule has 2 amide bonds. The van der Waals surface area contributed by atoms with E-state index in [2.05, 4.69) is 69.7 Å². The van der Waals surface area contributed by atoms with Crippen LogP contribution in [0.2, 0.25) is 0 Å². The number of hydrogen-bond acceptors (Lipinski definition) is 5. The fourth-order valence-corrected chi connectivity index (χ4v) is 5.52. The lowest BCUT2D eigenvalue weighted by Crippen LogP contribution is -2.56. The number of amides is 2. The minimum absolute atomic E-state index is 0.0501. The topological polar surface area (TPSA) is 81.9 Å². The van der Waals surface area contributed by atoms with Crippen LogP contribution in [-0.4, -0.2) is 66.5 Å². The van der Waals surface area contributed by atoms with Crippen LogP contribution in [-0.2, 0) is 16.1 Å². The van der Waals surface area contributed by atoms with Gasteiger partial charge in [-0.2, -0.15) is 0 Å². The van der Waals surface area contributed by atoms with E-state index in [-0.39, 0.29) is 18.4 Å². The molecule has 0 unspecified atom stereocenters. The highest BCUT2D eigenvalue weighted by Crippen LogP contribution is 2.39. The number of para-hydroxylation sites is 1. The molecule has 2 heterocycles. The molecule has 0 saturated carbocycles. The molecule has 35 heavy (non-hydrogen) atoms. The number of piperidine rings is 1. The van der Waals surface area contributed by atoms with Crippen LogP contribution in [0.1, 0.15) is 18.4 Å². The summed E-state index contributed by atoms with van der Waals surface area (Å²) in [4.78, 5) is 32.5. The van der Waals surface area contributed by atoms with Crippen molar-refractivity contribution in [3.05, 3.63) is 78.4 Å². The van der Waals surface area contributed by atoms with E-state index in [0.29, 0.717) is 19.8 Å². The second-order valence-electron chi connectivity index (χ2n) is 9.49. The summed E-state index contributed by atoms with van der Waals surface area (Å²) in [6.45, 7) is 3.79. The smallest absolute Gasteiger partial charge is 0.250 e. The number of fused-ring (bicyclic) bond motifs is 1. The van der Waals surface area contributed by atoms with E-state index in [1.54, 1.807) is 4.90 Å². The zero-order valence-electron chi connectivity index (χ0n) is 20.0. The zero-order chi connectivity index (χ0) is 24.3. The number of nitrogens with one attached hydrogen (secondary N) is 1. The highest BCUT2D eigenvalue weighted by atomic mass is 16.2. The number of nitrogens with zero attached hydrogens (tertiary/aromatic N) is 3. The normalized spacial score (nSPS) is 17.9. The summed E-state index contributed by atoms with van der Waals surface area (Å²) in [5.41, 5.74) is 7.23. The maximum atomic E-state index is 13.8. The number of likely N-dealkylation sites (tertiary alicyclic amines) is 1. The van der Waals surface area contributed by atoms with Gasteiger partial charge in [0.25, 0.3) is 0 Å². The molecule has 3 N–H and O–H groups in total. The van der Waals surface area contributed by atoms with Gasteiger partial charge in [-0.3, -0.25) is 14.5 Å². The predicted octanol–water partition coefficient (Wildman–Crippen LogP) is 2.56. The van der Waals surface area contributed by atoms with Crippen molar-refractivity contribution >= 4 is 28.3 Å². The number of benzene rings is 3. The van der Waals surface area contributed by atoms with Gasteiger partial charge in [-0.1, -0.05) is 60.7 Å². The summed E-state index contributed by atoms with van der Waals surface area (Å²) in [5.74, 6) is -0.115. The van der Waals surface area contributed by atoms with Crippen molar-refractivity contribution in [2.75, 3.05) is 44.3 Å². The maximum absolute atomic E-state index is 13.8. The van der Waals surface area contributed by atoms with Gasteiger partial charge in [0.2, 0.25) is 11.8 Å². The molecule has 1 spiro atoms. The number of nitrogens with two attached hydrogens (primary N) is 1. The van der Waals surface area contributed by atoms with E-state index >= 15 is 0 Å². The first-order chi connectivity index (χ1) is 17.1. The molecule has 0 atom stereocenters. The van der Waals surface area contributed by atoms with Crippen molar-refractivity contribution < 1.29 is 9.59 Å². The lowest BCUT2D eigenvalue weighted by Gasteiger charge is -2.43. The number of anilines is 1. The minimum Gasteiger partial charge on any atom is -0.353 e. The van der Waals surface area contributed by atoms with Crippen molar-refractivity contribution in [3.8, 4) is 0 Å². The summed E-state index contributed by atoms with van der Waals surface area (Å²) in [6, 6.07) is 25.0. The number of carbonyl (C=O) groups excluding carboxylic acids is 2. The van der Waals surface area contributed by atoms with Gasteiger partial charge >= 0.3 is 0 Å². The Morgan fingerprint density at radius 1 is 0.943 bits per heavy atom. The Hall–Kier alpha value is -3.42. The van der Waals surface area contributed by atoms with Gasteiger partial charge in [0.15, 0.2) is 0 Å². The second kappa shape index (κ2) is 10.1. The zero-order valence-corrected chi connectivity index (χ0v) is 20.0. The van der Waals surface area contributed by atoms with E-state index < -0.39 is 5.54 Å². The van der Waals surface area contributed by atoms with Crippen LogP contribution in [0.25, 0.3) is 10.8 Å². The summed E-state index contributed by atoms with van der Waals surface area (Å²) >= 11 is 0. The van der Waals surface area contributed by atoms with Gasteiger partial charge in [-0.15, -0.1) is 0 Å². The Balaban J connectivity index is 1.34. The molecule has 2 saturated heterocycles. The first-order valence-electron chi connectivity index (χ1n) is 12.4. The quantitative estimate of drug-likeness (QED) is 0.554. The molecule has 7 nitrogen and oxygen atoms in total. The van der Waals surface area contributed by atoms with Gasteiger partial charge < -0.3 is 20.9 Å². The van der Waals surface area contributed by atoms with E-state index in [1.165, 1.54) is 16.3 Å². The highest BCUT2D eigenvalue weighted by molar-refractivity contribution is 5.96. The molecular formula is C28H33N5O2. The standard InChI is InChI=1S/C28H33N5O2/c29-15-16-30-26(34)20-32-21-33(24-10-2-1-3-11-24)28(27(32)35)13-17-31(18-14-28)19-23-9-6-8-22-7-4-5-12-25(22)23/h1-12H,13-21,29H2,(H,30,34). The lowest BCUT2D eigenvalue weighted by molar-refractivity contribution is -0.137. The number of rotatable bonds is 7. The van der Waals surface area contributed by atoms with E-state index in [1.807, 2.05) is 18.2 Å². The van der Waals surface area contributed by atoms with Crippen LogP contribution in [0.5, 0.6) is 0 Å². The van der Waals surface area contributed by atoms with Crippen LogP contribution in [0, 0.1) is 0 Å². The van der Waals surface area contributed by atoms with Gasteiger partial charge in [0.05, 0.1) is 6.67 Å². The van der Waals surface area contributed by atoms with Gasteiger partial charge in [-0.25, -0.2) is 0 Å². The molecule has 3 aromatic carbocycles. The summed E-state index contributed by atoms with van der Waals surface area (Å²) in [6.07, 6.45) is 1.46. The highest BCUT2D eigenvalue weighted by Gasteiger charge is 2.53. The molecule has 0 aromatic heterocycles. The van der Waals surface area contributed by atoms with Crippen LogP contribution in [0.4, 0.5) is 5.69 Å². The largest absolute Gasteiger partial charge is 0.353 e. The fraction of sp³-hybridized carbons (Fsp3) is 0.357. The van der Waals surface area contributed by atoms with Crippen molar-refractivity contribution in [2.45, 2.75) is 24.9 Å². The molecule has 2 aliphatic rings. The molecular weight excluding hydrogens is 438 g/mol. The Labute approximate surface area is 206 Å². The number of carbonyl (C=O) groups is 2. The first-order valence-corrected chi connectivity index (χ1v) is 12.4. The van der Waals surface area contributed by atoms with Crippen LogP contribution >= 0.6 is 0 Å². The Morgan fingerprint density at radius 2 is 1.66 bits per heavy atom. The summed E-state index contributed by atoms with van der Waals surface area (Å²) < 4.78 is 0. The third kappa shape index (κ3) is 4.61. The van der Waals surface area contributed by atoms with Gasteiger partial charge in [-0.05, 0) is 41.3 Å². The Kier molecular flexibility index (Phi) is 6.70. The average Bonchev–Trinajstić information content (AvgIpc) is 3.15. The Bertz CT molecular complexity index is 1180. The van der Waals surface area contributed by atoms with Gasteiger partial charge in [0, 0.05) is 38.4 Å². The van der Waals surface area contributed by atoms with Crippen LogP contribution in [0.15, 0.2) is 72.8 Å². The van der Waals surface area contributed by atoms with Gasteiger partial charge in [0.1, 0.15) is 12.1 Å². The average molecular weight is 472 g/mol. The lowest BCUT2D eigenvalue weighted by atomic mass is 9.85. The Morgan fingerprint density at radius 3 is 2.43 bits per heavy atom. The third-order valence-electron chi connectivity index (χ3n) is 7.34. The summed E-state index contributed by atoms with van der Waals surface area (Å²) in [7, 11) is 0. The molecule has 0 radical (unpaired) electrons. The van der Waals surface area contributed by atoms with Crippen molar-refractivity contribution in [3.63, 3.8) is 0 Å². The molecule has 5 rings (SSSR count). The number of hydrogen-bond donors (Lipinski definition) is 2. The minimum atomic E-state index is -0.620. The van der Waals surface area contributed by atoms with E-state index in [0.717, 1.165) is 38.2 Å². The second-order valence-corrected chi connectivity index (χ2v) is 9.49. The fourth-order valence-electron chi connectivity index (χ4n) is 5.52. The van der Waals surface area contributed by atoms with E-state index in [9.17, 15) is 9.59 Å². The first kappa shape index (κ1) is 23.3. The molecule has 2 aliphatic heterocycles. The summed E-state index contributed by atoms with van der Waals surface area (Å²) in [5, 5.41) is 5.33. The molecule has 0 aliphatic carbocycles. The molecule has 182 valence electrons. The van der Waals surface area contributed by atoms with Crippen LogP contribution in [0.3, 0.4) is 0 Å². The van der Waals surface area contributed by atoms with Crippen molar-refractivity contribution in [2.24, 2.45) is 5.73 Å². The predicted molar refractivity (Wildman–Crippen MR) is 139 cm³/mol. The van der Waals surface area contributed by atoms with Crippen molar-refractivity contribution in [1.82, 2.24) is 15.1 Å². The third-order valence-corrected chi connectivity index (χ3v) is 7.34. The molecule has 2 fully saturated rings. The van der Waals surface area contributed by atoms with Crippen LogP contribution < -0.4 is 16.0 Å². The molecule has 0 bridgehead atoms. The molecule has 3 aromatic rings. The maximum Gasteiger partial charge on any atom is 0.250 e.